The first-order valence-electron chi connectivity index (χ1n) is 10.3. The van der Waals surface area contributed by atoms with E-state index in [1.807, 2.05) is 54.9 Å². The van der Waals surface area contributed by atoms with Crippen molar-refractivity contribution in [2.24, 2.45) is 0 Å². The second-order valence-corrected chi connectivity index (χ2v) is 8.87. The smallest absolute Gasteiger partial charge is 0.224 e. The molecule has 2 heterocycles. The Morgan fingerprint density at radius 1 is 1.00 bits per heavy atom. The Morgan fingerprint density at radius 2 is 1.77 bits per heavy atom. The van der Waals surface area contributed by atoms with Crippen LogP contribution in [0.1, 0.15) is 33.1 Å². The van der Waals surface area contributed by atoms with Gasteiger partial charge in [-0.3, -0.25) is 9.48 Å². The molecule has 2 aromatic carbocycles. The Bertz CT molecular complexity index is 1190. The predicted molar refractivity (Wildman–Crippen MR) is 125 cm³/mol. The molecule has 0 aliphatic rings. The van der Waals surface area contributed by atoms with E-state index in [1.165, 1.54) is 5.56 Å². The van der Waals surface area contributed by atoms with E-state index in [4.69, 9.17) is 0 Å². The number of rotatable bonds is 7. The third-order valence-corrected chi connectivity index (χ3v) is 5.92. The highest BCUT2D eigenvalue weighted by Crippen LogP contribution is 2.22. The standard InChI is InChI=1S/C25H26N4OS/c1-17-11-18(2)29(28-17)15-22-6-4-5-21(12-22)14-26-25(30)13-20-7-9-23(10-8-20)24-16-31-19(3)27-24/h4-12,16H,13-15H2,1-3H3,(H,26,30). The molecule has 0 bridgehead atoms. The number of nitrogens with one attached hydrogen (secondary N) is 1. The molecule has 0 atom stereocenters. The lowest BCUT2D eigenvalue weighted by molar-refractivity contribution is -0.120. The Hall–Kier alpha value is -3.25. The van der Waals surface area contributed by atoms with E-state index in [1.54, 1.807) is 11.3 Å². The molecule has 0 spiro atoms. The summed E-state index contributed by atoms with van der Waals surface area (Å²) in [6.07, 6.45) is 0.363. The van der Waals surface area contributed by atoms with Gasteiger partial charge in [0.15, 0.2) is 0 Å². The van der Waals surface area contributed by atoms with Crippen molar-refractivity contribution in [3.63, 3.8) is 0 Å². The topological polar surface area (TPSA) is 59.8 Å². The number of aromatic nitrogens is 3. The van der Waals surface area contributed by atoms with Gasteiger partial charge in [-0.05, 0) is 43.5 Å². The average molecular weight is 431 g/mol. The zero-order valence-corrected chi connectivity index (χ0v) is 18.9. The summed E-state index contributed by atoms with van der Waals surface area (Å²) in [6.45, 7) is 7.31. The van der Waals surface area contributed by atoms with Crippen LogP contribution in [0.3, 0.4) is 0 Å². The van der Waals surface area contributed by atoms with E-state index >= 15 is 0 Å². The van der Waals surface area contributed by atoms with Crippen LogP contribution in [0.15, 0.2) is 60.0 Å². The fraction of sp³-hybridized carbons (Fsp3) is 0.240. The summed E-state index contributed by atoms with van der Waals surface area (Å²) < 4.78 is 2.00. The van der Waals surface area contributed by atoms with Crippen LogP contribution < -0.4 is 5.32 Å². The van der Waals surface area contributed by atoms with Gasteiger partial charge in [-0.25, -0.2) is 4.98 Å². The van der Waals surface area contributed by atoms with Gasteiger partial charge in [0.1, 0.15) is 0 Å². The van der Waals surface area contributed by atoms with Gasteiger partial charge in [0.05, 0.1) is 29.4 Å². The molecule has 0 saturated carbocycles. The van der Waals surface area contributed by atoms with Crippen LogP contribution in [-0.4, -0.2) is 20.7 Å². The van der Waals surface area contributed by atoms with E-state index in [0.717, 1.165) is 45.3 Å². The Labute approximate surface area is 186 Å². The minimum absolute atomic E-state index is 0.0150. The van der Waals surface area contributed by atoms with Crippen molar-refractivity contribution in [2.45, 2.75) is 40.3 Å². The summed E-state index contributed by atoms with van der Waals surface area (Å²) in [6, 6.07) is 18.4. The van der Waals surface area contributed by atoms with Crippen LogP contribution in [0.4, 0.5) is 0 Å². The molecule has 0 radical (unpaired) electrons. The van der Waals surface area contributed by atoms with Gasteiger partial charge < -0.3 is 5.32 Å². The largest absolute Gasteiger partial charge is 0.352 e. The molecule has 0 aliphatic heterocycles. The molecular weight excluding hydrogens is 404 g/mol. The minimum Gasteiger partial charge on any atom is -0.352 e. The van der Waals surface area contributed by atoms with Crippen LogP contribution in [0.5, 0.6) is 0 Å². The zero-order valence-electron chi connectivity index (χ0n) is 18.1. The van der Waals surface area contributed by atoms with Crippen molar-refractivity contribution >= 4 is 17.2 Å². The van der Waals surface area contributed by atoms with Gasteiger partial charge in [0, 0.05) is 23.2 Å². The number of aryl methyl sites for hydroxylation is 3. The zero-order chi connectivity index (χ0) is 21.8. The van der Waals surface area contributed by atoms with E-state index in [2.05, 4.69) is 45.9 Å². The minimum atomic E-state index is 0.0150. The van der Waals surface area contributed by atoms with E-state index < -0.39 is 0 Å². The van der Waals surface area contributed by atoms with E-state index in [9.17, 15) is 4.79 Å². The lowest BCUT2D eigenvalue weighted by Crippen LogP contribution is -2.24. The van der Waals surface area contributed by atoms with Crippen LogP contribution in [-0.2, 0) is 24.3 Å². The van der Waals surface area contributed by atoms with Crippen molar-refractivity contribution in [1.29, 1.82) is 0 Å². The van der Waals surface area contributed by atoms with Crippen molar-refractivity contribution < 1.29 is 4.79 Å². The second-order valence-electron chi connectivity index (χ2n) is 7.81. The van der Waals surface area contributed by atoms with Gasteiger partial charge in [0.25, 0.3) is 0 Å². The third kappa shape index (κ3) is 5.47. The summed E-state index contributed by atoms with van der Waals surface area (Å²) in [5.74, 6) is 0.0150. The van der Waals surface area contributed by atoms with Gasteiger partial charge in [-0.15, -0.1) is 11.3 Å². The molecule has 6 heteroatoms. The van der Waals surface area contributed by atoms with Gasteiger partial charge >= 0.3 is 0 Å². The van der Waals surface area contributed by atoms with Crippen molar-refractivity contribution in [3.05, 3.63) is 93.1 Å². The number of thiazole rings is 1. The maximum atomic E-state index is 12.4. The van der Waals surface area contributed by atoms with Gasteiger partial charge in [-0.1, -0.05) is 48.5 Å². The molecule has 158 valence electrons. The number of hydrogen-bond donors (Lipinski definition) is 1. The van der Waals surface area contributed by atoms with E-state index in [0.29, 0.717) is 13.0 Å². The monoisotopic (exact) mass is 430 g/mol. The number of benzene rings is 2. The molecule has 2 aromatic heterocycles. The first-order chi connectivity index (χ1) is 15.0. The van der Waals surface area contributed by atoms with Crippen molar-refractivity contribution in [3.8, 4) is 11.3 Å². The summed E-state index contributed by atoms with van der Waals surface area (Å²) >= 11 is 1.64. The quantitative estimate of drug-likeness (QED) is 0.456. The summed E-state index contributed by atoms with van der Waals surface area (Å²) in [7, 11) is 0. The molecule has 0 unspecified atom stereocenters. The molecule has 0 saturated heterocycles. The van der Waals surface area contributed by atoms with Crippen LogP contribution in [0, 0.1) is 20.8 Å². The number of carbonyl (C=O) groups is 1. The lowest BCUT2D eigenvalue weighted by Gasteiger charge is -2.09. The van der Waals surface area contributed by atoms with Crippen molar-refractivity contribution in [1.82, 2.24) is 20.1 Å². The van der Waals surface area contributed by atoms with Crippen molar-refractivity contribution in [2.75, 3.05) is 0 Å². The second kappa shape index (κ2) is 9.27. The first kappa shape index (κ1) is 21.0. The molecule has 1 amide bonds. The van der Waals surface area contributed by atoms with Crippen LogP contribution in [0.25, 0.3) is 11.3 Å². The maximum Gasteiger partial charge on any atom is 0.224 e. The maximum absolute atomic E-state index is 12.4. The van der Waals surface area contributed by atoms with Gasteiger partial charge in [-0.2, -0.15) is 5.10 Å². The number of hydrogen-bond acceptors (Lipinski definition) is 4. The van der Waals surface area contributed by atoms with Crippen LogP contribution >= 0.6 is 11.3 Å². The fourth-order valence-corrected chi connectivity index (χ4v) is 4.21. The Kier molecular flexibility index (Phi) is 6.28. The lowest BCUT2D eigenvalue weighted by atomic mass is 10.1. The molecular formula is C25H26N4OS. The molecule has 1 N–H and O–H groups in total. The normalized spacial score (nSPS) is 10.9. The first-order valence-corrected chi connectivity index (χ1v) is 11.2. The van der Waals surface area contributed by atoms with Gasteiger partial charge in [0.2, 0.25) is 5.91 Å². The average Bonchev–Trinajstić information content (AvgIpc) is 3.32. The Balaban J connectivity index is 1.32. The Morgan fingerprint density at radius 3 is 2.45 bits per heavy atom. The highest BCUT2D eigenvalue weighted by molar-refractivity contribution is 7.09. The summed E-state index contributed by atoms with van der Waals surface area (Å²) in [4.78, 5) is 16.9. The molecule has 31 heavy (non-hydrogen) atoms. The predicted octanol–water partition coefficient (Wildman–Crippen LogP) is 4.84. The molecule has 4 aromatic rings. The highest BCUT2D eigenvalue weighted by atomic mass is 32.1. The highest BCUT2D eigenvalue weighted by Gasteiger charge is 2.07. The number of carbonyl (C=O) groups excluding carboxylic acids is 1. The van der Waals surface area contributed by atoms with E-state index in [-0.39, 0.29) is 5.91 Å². The summed E-state index contributed by atoms with van der Waals surface area (Å²) in [5, 5.41) is 10.7. The fourth-order valence-electron chi connectivity index (χ4n) is 3.58. The molecule has 5 nitrogen and oxygen atoms in total. The summed E-state index contributed by atoms with van der Waals surface area (Å²) in [5.41, 5.74) is 7.48. The third-order valence-electron chi connectivity index (χ3n) is 5.15. The SMILES string of the molecule is Cc1cc(C)n(Cc2cccc(CNC(=O)Cc3ccc(-c4csc(C)n4)cc3)c2)n1. The number of amides is 1. The molecule has 0 aliphatic carbocycles. The molecule has 0 fully saturated rings. The van der Waals surface area contributed by atoms with Crippen LogP contribution in [0.2, 0.25) is 0 Å². The number of nitrogens with zero attached hydrogens (tertiary/aromatic N) is 3. The molecule has 4 rings (SSSR count).